The van der Waals surface area contributed by atoms with Crippen LogP contribution >= 0.6 is 0 Å². The minimum Gasteiger partial charge on any atom is -0.155 e. The van der Waals surface area contributed by atoms with Gasteiger partial charge in [0.25, 0.3) is 0 Å². The van der Waals surface area contributed by atoms with Crippen LogP contribution in [0.25, 0.3) is 0 Å². The summed E-state index contributed by atoms with van der Waals surface area (Å²) in [5, 5.41) is 9.62. The molecule has 0 radical (unpaired) electrons. The maximum absolute atomic E-state index is 4.81. The molecule has 0 N–H and O–H groups in total. The number of rotatable bonds is 8. The molecular weight excluding hydrogens is 412 g/mol. The van der Waals surface area contributed by atoms with Gasteiger partial charge in [0.1, 0.15) is 0 Å². The third-order valence-corrected chi connectivity index (χ3v) is 6.36. The van der Waals surface area contributed by atoms with Crippen LogP contribution in [0.4, 0.5) is 0 Å². The van der Waals surface area contributed by atoms with E-state index in [1.54, 1.807) is 0 Å². The molecule has 0 aliphatic heterocycles. The summed E-state index contributed by atoms with van der Waals surface area (Å²) in [6.45, 7) is 0. The monoisotopic (exact) mass is 440 g/mol. The van der Waals surface area contributed by atoms with Crippen LogP contribution in [0, 0.1) is 0 Å². The predicted molar refractivity (Wildman–Crippen MR) is 139 cm³/mol. The van der Waals surface area contributed by atoms with Crippen LogP contribution in [0.1, 0.15) is 46.5 Å². The number of hydrogen-bond donors (Lipinski definition) is 0. The van der Waals surface area contributed by atoms with Crippen molar-refractivity contribution in [3.05, 3.63) is 153 Å². The third kappa shape index (κ3) is 5.50. The molecule has 2 nitrogen and oxygen atoms in total. The molecule has 0 fully saturated rings. The van der Waals surface area contributed by atoms with Crippen LogP contribution in [0.2, 0.25) is 0 Å². The van der Waals surface area contributed by atoms with Crippen molar-refractivity contribution in [1.82, 2.24) is 10.2 Å². The van der Waals surface area contributed by atoms with Crippen LogP contribution in [0.5, 0.6) is 0 Å². The average molecular weight is 441 g/mol. The Morgan fingerprint density at radius 1 is 0.706 bits per heavy atom. The van der Waals surface area contributed by atoms with Crippen molar-refractivity contribution in [2.75, 3.05) is 0 Å². The highest BCUT2D eigenvalue weighted by Gasteiger charge is 2.19. The van der Waals surface area contributed by atoms with Gasteiger partial charge in [-0.1, -0.05) is 102 Å². The van der Waals surface area contributed by atoms with Gasteiger partial charge in [-0.05, 0) is 60.1 Å². The predicted octanol–water partition coefficient (Wildman–Crippen LogP) is 6.83. The van der Waals surface area contributed by atoms with Crippen LogP contribution < -0.4 is 0 Å². The van der Waals surface area contributed by atoms with E-state index in [2.05, 4.69) is 96.4 Å². The molecule has 2 heteroatoms. The van der Waals surface area contributed by atoms with Crippen molar-refractivity contribution in [2.24, 2.45) is 0 Å². The normalized spacial score (nSPS) is 14.2. The summed E-state index contributed by atoms with van der Waals surface area (Å²) in [5.41, 5.74) is 16.2. The largest absolute Gasteiger partial charge is 0.155 e. The fourth-order valence-electron chi connectivity index (χ4n) is 4.58. The fraction of sp³-hybridized carbons (Fsp3) is 0.188. The molecule has 2 aromatic carbocycles. The fourth-order valence-corrected chi connectivity index (χ4v) is 4.58. The minimum absolute atomic E-state index is 0.718. The van der Waals surface area contributed by atoms with E-state index in [1.807, 2.05) is 12.2 Å². The topological polar surface area (TPSA) is 25.8 Å². The Hall–Kier alpha value is -3.96. The zero-order valence-electron chi connectivity index (χ0n) is 19.4. The van der Waals surface area contributed by atoms with Gasteiger partial charge in [0, 0.05) is 18.4 Å². The third-order valence-electron chi connectivity index (χ3n) is 6.36. The maximum atomic E-state index is 4.81. The molecule has 2 aliphatic rings. The second-order valence-corrected chi connectivity index (χ2v) is 8.84. The molecule has 0 amide bonds. The lowest BCUT2D eigenvalue weighted by Crippen LogP contribution is -2.13. The molecule has 0 bridgehead atoms. The highest BCUT2D eigenvalue weighted by atomic mass is 15.1. The summed E-state index contributed by atoms with van der Waals surface area (Å²) >= 11 is 0. The van der Waals surface area contributed by atoms with Crippen molar-refractivity contribution < 1.29 is 0 Å². The summed E-state index contributed by atoms with van der Waals surface area (Å²) in [7, 11) is 0. The van der Waals surface area contributed by atoms with Gasteiger partial charge in [-0.25, -0.2) is 0 Å². The van der Waals surface area contributed by atoms with Gasteiger partial charge < -0.3 is 0 Å². The SMILES string of the molecule is C1=C=C(Cc2nnc(Cc3ccccc3)c(Cc3ccccc3)c2CC2=CC=CCC2)C=CC=1. The molecule has 0 unspecified atom stereocenters. The Kier molecular flexibility index (Phi) is 6.93. The van der Waals surface area contributed by atoms with Crippen LogP contribution in [0.3, 0.4) is 0 Å². The smallest absolute Gasteiger partial charge is 0.0719 e. The summed E-state index contributed by atoms with van der Waals surface area (Å²) in [6.07, 6.45) is 18.2. The molecule has 3 aromatic rings. The zero-order valence-corrected chi connectivity index (χ0v) is 19.4. The average Bonchev–Trinajstić information content (AvgIpc) is 2.90. The van der Waals surface area contributed by atoms with Gasteiger partial charge in [-0.15, -0.1) is 0 Å². The van der Waals surface area contributed by atoms with E-state index in [4.69, 9.17) is 10.2 Å². The molecule has 34 heavy (non-hydrogen) atoms. The summed E-state index contributed by atoms with van der Waals surface area (Å²) in [4.78, 5) is 0. The molecule has 2 aliphatic carbocycles. The van der Waals surface area contributed by atoms with Crippen molar-refractivity contribution in [3.8, 4) is 0 Å². The summed E-state index contributed by atoms with van der Waals surface area (Å²) < 4.78 is 0. The molecule has 1 aromatic heterocycles. The molecule has 0 atom stereocenters. The van der Waals surface area contributed by atoms with E-state index >= 15 is 0 Å². The Morgan fingerprint density at radius 3 is 2.03 bits per heavy atom. The number of allylic oxidation sites excluding steroid dienone is 8. The van der Waals surface area contributed by atoms with Crippen molar-refractivity contribution in [2.45, 2.75) is 38.5 Å². The Bertz CT molecular complexity index is 1340. The Morgan fingerprint density at radius 2 is 1.38 bits per heavy atom. The molecule has 5 rings (SSSR count). The number of benzene rings is 2. The minimum atomic E-state index is 0.718. The maximum Gasteiger partial charge on any atom is 0.0719 e. The first-order valence-corrected chi connectivity index (χ1v) is 12.0. The number of nitrogens with zero attached hydrogens (tertiary/aromatic N) is 2. The van der Waals surface area contributed by atoms with Crippen LogP contribution in [-0.4, -0.2) is 10.2 Å². The van der Waals surface area contributed by atoms with Crippen molar-refractivity contribution >= 4 is 0 Å². The van der Waals surface area contributed by atoms with Crippen LogP contribution in [0.15, 0.2) is 120 Å². The lowest BCUT2D eigenvalue weighted by molar-refractivity contribution is 0.809. The summed E-state index contributed by atoms with van der Waals surface area (Å²) in [6, 6.07) is 21.3. The lowest BCUT2D eigenvalue weighted by atomic mass is 9.88. The lowest BCUT2D eigenvalue weighted by Gasteiger charge is -2.19. The van der Waals surface area contributed by atoms with Gasteiger partial charge in [0.2, 0.25) is 0 Å². The molecule has 166 valence electrons. The first-order valence-electron chi connectivity index (χ1n) is 12.0. The quantitative estimate of drug-likeness (QED) is 0.359. The van der Waals surface area contributed by atoms with Crippen molar-refractivity contribution in [1.29, 1.82) is 0 Å². The van der Waals surface area contributed by atoms with E-state index in [1.165, 1.54) is 27.8 Å². The molecule has 0 saturated heterocycles. The first kappa shape index (κ1) is 21.9. The second kappa shape index (κ2) is 10.8. The first-order chi connectivity index (χ1) is 16.8. The zero-order chi connectivity index (χ0) is 23.0. The summed E-state index contributed by atoms with van der Waals surface area (Å²) in [5.74, 6) is 0. The molecule has 0 saturated carbocycles. The van der Waals surface area contributed by atoms with Crippen molar-refractivity contribution in [3.63, 3.8) is 0 Å². The Balaban J connectivity index is 1.62. The standard InChI is InChI=1S/C32H28N2/c1-5-13-25(14-6-1)21-29-30(22-26-15-7-2-8-16-26)32(24-28-19-11-4-12-20-28)34-33-31(29)23-27-17-9-3-10-18-27/h1-7,9-11,13-15,17-19H,8,16,21-24H2. The van der Waals surface area contributed by atoms with Gasteiger partial charge in [0.15, 0.2) is 0 Å². The van der Waals surface area contributed by atoms with Crippen LogP contribution in [-0.2, 0) is 25.7 Å². The van der Waals surface area contributed by atoms with Gasteiger partial charge >= 0.3 is 0 Å². The van der Waals surface area contributed by atoms with E-state index in [0.29, 0.717) is 0 Å². The molecular formula is C32H28N2. The Labute approximate surface area is 202 Å². The van der Waals surface area contributed by atoms with E-state index in [0.717, 1.165) is 55.5 Å². The number of aromatic nitrogens is 2. The van der Waals surface area contributed by atoms with Gasteiger partial charge in [-0.3, -0.25) is 0 Å². The second-order valence-electron chi connectivity index (χ2n) is 8.84. The highest BCUT2D eigenvalue weighted by Crippen LogP contribution is 2.28. The number of hydrogen-bond acceptors (Lipinski definition) is 2. The van der Waals surface area contributed by atoms with Gasteiger partial charge in [-0.2, -0.15) is 10.2 Å². The van der Waals surface area contributed by atoms with E-state index in [-0.39, 0.29) is 0 Å². The molecule has 0 spiro atoms. The van der Waals surface area contributed by atoms with E-state index in [9.17, 15) is 0 Å². The highest BCUT2D eigenvalue weighted by molar-refractivity contribution is 5.44. The van der Waals surface area contributed by atoms with Gasteiger partial charge in [0.05, 0.1) is 11.4 Å². The van der Waals surface area contributed by atoms with E-state index < -0.39 is 0 Å². The molecule has 1 heterocycles.